The summed E-state index contributed by atoms with van der Waals surface area (Å²) in [5, 5.41) is 8.43. The van der Waals surface area contributed by atoms with Crippen LogP contribution in [0.4, 0.5) is 5.69 Å². The minimum absolute atomic E-state index is 0.157. The van der Waals surface area contributed by atoms with E-state index in [2.05, 4.69) is 16.0 Å². The third-order valence-electron chi connectivity index (χ3n) is 3.63. The van der Waals surface area contributed by atoms with E-state index < -0.39 is 0 Å². The lowest BCUT2D eigenvalue weighted by Gasteiger charge is -2.11. The van der Waals surface area contributed by atoms with Crippen molar-refractivity contribution in [1.82, 2.24) is 10.6 Å². The van der Waals surface area contributed by atoms with Gasteiger partial charge < -0.3 is 20.1 Å². The highest BCUT2D eigenvalue weighted by Gasteiger charge is 2.10. The number of nitrogens with one attached hydrogen (secondary N) is 3. The SMILES string of the molecule is CCOc1cccc(C(=O)NC(=S)Nc2ccc(C(=O)NCCOC)cc2)c1. The Morgan fingerprint density at radius 3 is 2.46 bits per heavy atom. The van der Waals surface area contributed by atoms with Crippen LogP contribution in [0.1, 0.15) is 27.6 Å². The van der Waals surface area contributed by atoms with Gasteiger partial charge in [0.2, 0.25) is 0 Å². The molecular weight excluding hydrogens is 378 g/mol. The fourth-order valence-electron chi connectivity index (χ4n) is 2.31. The van der Waals surface area contributed by atoms with Gasteiger partial charge in [0.25, 0.3) is 11.8 Å². The lowest BCUT2D eigenvalue weighted by Crippen LogP contribution is -2.34. The molecule has 2 aromatic rings. The third kappa shape index (κ3) is 6.64. The number of carbonyl (C=O) groups excluding carboxylic acids is 2. The molecule has 0 radical (unpaired) electrons. The lowest BCUT2D eigenvalue weighted by atomic mass is 10.2. The van der Waals surface area contributed by atoms with Gasteiger partial charge in [0.1, 0.15) is 5.75 Å². The van der Waals surface area contributed by atoms with Crippen LogP contribution >= 0.6 is 12.2 Å². The fraction of sp³-hybridized carbons (Fsp3) is 0.250. The van der Waals surface area contributed by atoms with E-state index in [4.69, 9.17) is 21.7 Å². The predicted octanol–water partition coefficient (Wildman–Crippen LogP) is 2.59. The monoisotopic (exact) mass is 401 g/mol. The van der Waals surface area contributed by atoms with Crippen LogP contribution in [-0.4, -0.2) is 43.8 Å². The van der Waals surface area contributed by atoms with E-state index >= 15 is 0 Å². The lowest BCUT2D eigenvalue weighted by molar-refractivity contribution is 0.0935. The molecule has 2 amide bonds. The van der Waals surface area contributed by atoms with Crippen LogP contribution in [0.5, 0.6) is 5.75 Å². The summed E-state index contributed by atoms with van der Waals surface area (Å²) >= 11 is 5.18. The summed E-state index contributed by atoms with van der Waals surface area (Å²) < 4.78 is 10.3. The Balaban J connectivity index is 1.89. The summed E-state index contributed by atoms with van der Waals surface area (Å²) in [4.78, 5) is 24.3. The van der Waals surface area contributed by atoms with Crippen LogP contribution in [0.25, 0.3) is 0 Å². The van der Waals surface area contributed by atoms with Crippen LogP contribution < -0.4 is 20.7 Å². The predicted molar refractivity (Wildman–Crippen MR) is 112 cm³/mol. The van der Waals surface area contributed by atoms with Crippen molar-refractivity contribution < 1.29 is 19.1 Å². The van der Waals surface area contributed by atoms with Crippen molar-refractivity contribution >= 4 is 34.8 Å². The fourth-order valence-corrected chi connectivity index (χ4v) is 2.52. The molecule has 2 rings (SSSR count). The molecule has 8 heteroatoms. The molecular formula is C20H23N3O4S. The number of amides is 2. The largest absolute Gasteiger partial charge is 0.494 e. The molecule has 28 heavy (non-hydrogen) atoms. The number of anilines is 1. The molecule has 7 nitrogen and oxygen atoms in total. The molecule has 0 unspecified atom stereocenters. The Bertz CT molecular complexity index is 824. The molecule has 0 spiro atoms. The van der Waals surface area contributed by atoms with Gasteiger partial charge in [-0.15, -0.1) is 0 Å². The number of carbonyl (C=O) groups is 2. The van der Waals surface area contributed by atoms with Crippen LogP contribution in [0.15, 0.2) is 48.5 Å². The Morgan fingerprint density at radius 2 is 1.79 bits per heavy atom. The normalized spacial score (nSPS) is 10.1. The maximum absolute atomic E-state index is 12.3. The summed E-state index contributed by atoms with van der Waals surface area (Å²) in [5.41, 5.74) is 1.62. The summed E-state index contributed by atoms with van der Waals surface area (Å²) in [6.07, 6.45) is 0. The van der Waals surface area contributed by atoms with E-state index in [9.17, 15) is 9.59 Å². The first-order chi connectivity index (χ1) is 13.5. The van der Waals surface area contributed by atoms with Crippen molar-refractivity contribution in [1.29, 1.82) is 0 Å². The van der Waals surface area contributed by atoms with E-state index in [0.717, 1.165) is 0 Å². The van der Waals surface area contributed by atoms with Crippen molar-refractivity contribution in [2.45, 2.75) is 6.92 Å². The molecule has 0 aliphatic heterocycles. The molecule has 0 bridgehead atoms. The van der Waals surface area contributed by atoms with Crippen LogP contribution in [0.3, 0.4) is 0 Å². The maximum atomic E-state index is 12.3. The number of ether oxygens (including phenoxy) is 2. The van der Waals surface area contributed by atoms with E-state index in [1.54, 1.807) is 55.6 Å². The first-order valence-corrected chi connectivity index (χ1v) is 9.16. The summed E-state index contributed by atoms with van der Waals surface area (Å²) in [6.45, 7) is 3.29. The second-order valence-electron chi connectivity index (χ2n) is 5.70. The average Bonchev–Trinajstić information content (AvgIpc) is 2.69. The first-order valence-electron chi connectivity index (χ1n) is 8.76. The van der Waals surface area contributed by atoms with Crippen LogP contribution in [-0.2, 0) is 4.74 Å². The van der Waals surface area contributed by atoms with Gasteiger partial charge in [0, 0.05) is 30.5 Å². The van der Waals surface area contributed by atoms with Gasteiger partial charge >= 0.3 is 0 Å². The maximum Gasteiger partial charge on any atom is 0.257 e. The van der Waals surface area contributed by atoms with Crippen molar-refractivity contribution in [3.05, 3.63) is 59.7 Å². The number of thiocarbonyl (C=S) groups is 1. The molecule has 0 aliphatic rings. The van der Waals surface area contributed by atoms with E-state index in [-0.39, 0.29) is 16.9 Å². The number of hydrogen-bond donors (Lipinski definition) is 3. The molecule has 148 valence electrons. The smallest absolute Gasteiger partial charge is 0.257 e. The van der Waals surface area contributed by atoms with Gasteiger partial charge in [-0.3, -0.25) is 14.9 Å². The van der Waals surface area contributed by atoms with Gasteiger partial charge in [-0.05, 0) is 61.6 Å². The zero-order valence-electron chi connectivity index (χ0n) is 15.8. The highest BCUT2D eigenvalue weighted by atomic mass is 32.1. The highest BCUT2D eigenvalue weighted by Crippen LogP contribution is 2.13. The third-order valence-corrected chi connectivity index (χ3v) is 3.84. The molecule has 0 aliphatic carbocycles. The van der Waals surface area contributed by atoms with Crippen LogP contribution in [0, 0.1) is 0 Å². The van der Waals surface area contributed by atoms with Crippen molar-refractivity contribution in [3.8, 4) is 5.75 Å². The second-order valence-corrected chi connectivity index (χ2v) is 6.10. The molecule has 0 heterocycles. The van der Waals surface area contributed by atoms with Crippen molar-refractivity contribution in [2.75, 3.05) is 32.2 Å². The van der Waals surface area contributed by atoms with E-state index in [1.807, 2.05) is 6.92 Å². The molecule has 3 N–H and O–H groups in total. The van der Waals surface area contributed by atoms with Gasteiger partial charge in [0.05, 0.1) is 13.2 Å². The zero-order chi connectivity index (χ0) is 20.4. The Labute approximate surface area is 169 Å². The van der Waals surface area contributed by atoms with E-state index in [0.29, 0.717) is 42.3 Å². The van der Waals surface area contributed by atoms with Gasteiger partial charge in [-0.2, -0.15) is 0 Å². The topological polar surface area (TPSA) is 88.7 Å². The molecule has 0 atom stereocenters. The van der Waals surface area contributed by atoms with Gasteiger partial charge in [-0.25, -0.2) is 0 Å². The van der Waals surface area contributed by atoms with Crippen molar-refractivity contribution in [3.63, 3.8) is 0 Å². The molecule has 0 saturated heterocycles. The van der Waals surface area contributed by atoms with Crippen LogP contribution in [0.2, 0.25) is 0 Å². The zero-order valence-corrected chi connectivity index (χ0v) is 16.6. The van der Waals surface area contributed by atoms with E-state index in [1.165, 1.54) is 0 Å². The summed E-state index contributed by atoms with van der Waals surface area (Å²) in [6, 6.07) is 13.6. The average molecular weight is 401 g/mol. The Hall–Kier alpha value is -2.97. The summed E-state index contributed by atoms with van der Waals surface area (Å²) in [7, 11) is 1.57. The molecule has 0 fully saturated rings. The Morgan fingerprint density at radius 1 is 1.04 bits per heavy atom. The number of rotatable bonds is 8. The van der Waals surface area contributed by atoms with Gasteiger partial charge in [0.15, 0.2) is 5.11 Å². The molecule has 2 aromatic carbocycles. The minimum atomic E-state index is -0.340. The number of methoxy groups -OCH3 is 1. The number of hydrogen-bond acceptors (Lipinski definition) is 5. The minimum Gasteiger partial charge on any atom is -0.494 e. The second kappa shape index (κ2) is 11.0. The highest BCUT2D eigenvalue weighted by molar-refractivity contribution is 7.80. The number of benzene rings is 2. The first kappa shape index (κ1) is 21.3. The summed E-state index contributed by atoms with van der Waals surface area (Å²) in [5.74, 6) is 0.0928. The molecule has 0 saturated carbocycles. The standard InChI is InChI=1S/C20H23N3O4S/c1-3-27-17-6-4-5-15(13-17)19(25)23-20(28)22-16-9-7-14(8-10-16)18(24)21-11-12-26-2/h4-10,13H,3,11-12H2,1-2H3,(H,21,24)(H2,22,23,25,28). The Kier molecular flexibility index (Phi) is 8.38. The quantitative estimate of drug-likeness (QED) is 0.465. The molecule has 0 aromatic heterocycles. The van der Waals surface area contributed by atoms with Gasteiger partial charge in [-0.1, -0.05) is 6.07 Å². The van der Waals surface area contributed by atoms with Crippen molar-refractivity contribution in [2.24, 2.45) is 0 Å².